The van der Waals surface area contributed by atoms with Crippen LogP contribution in [0.5, 0.6) is 0 Å². The molecule has 0 aromatic heterocycles. The number of piperazine rings is 1. The summed E-state index contributed by atoms with van der Waals surface area (Å²) in [6.45, 7) is 4.76. The molecule has 1 amide bonds. The van der Waals surface area contributed by atoms with Gasteiger partial charge in [-0.15, -0.1) is 0 Å². The quantitative estimate of drug-likeness (QED) is 0.679. The average molecular weight is 335 g/mol. The number of nitrogens with zero attached hydrogens (tertiary/aromatic N) is 3. The number of hydrogen-bond acceptors (Lipinski definition) is 2. The van der Waals surface area contributed by atoms with Gasteiger partial charge in [0.25, 0.3) is 0 Å². The fourth-order valence-electron chi connectivity index (χ4n) is 2.85. The van der Waals surface area contributed by atoms with Crippen LogP contribution >= 0.6 is 11.6 Å². The second kappa shape index (κ2) is 6.79. The second-order valence-electron chi connectivity index (χ2n) is 6.37. The Bertz CT molecular complexity index is 601. The van der Waals surface area contributed by atoms with Gasteiger partial charge in [0.15, 0.2) is 5.96 Å². The van der Waals surface area contributed by atoms with Crippen LogP contribution in [0.4, 0.5) is 0 Å². The van der Waals surface area contributed by atoms with Crippen LogP contribution in [-0.4, -0.2) is 54.4 Å². The van der Waals surface area contributed by atoms with Crippen molar-refractivity contribution < 1.29 is 4.79 Å². The third-order valence-electron chi connectivity index (χ3n) is 4.54. The summed E-state index contributed by atoms with van der Waals surface area (Å²) in [6, 6.07) is 8.17. The normalized spacial score (nSPS) is 24.8. The SMILES string of the molecule is CN=C(NC1CC1C)N1CCN(Cc2ccc(Cl)cc2)C(=O)C1. The van der Waals surface area contributed by atoms with Gasteiger partial charge in [0.2, 0.25) is 5.91 Å². The number of halogens is 1. The largest absolute Gasteiger partial charge is 0.353 e. The Morgan fingerprint density at radius 2 is 2.04 bits per heavy atom. The molecule has 1 N–H and O–H groups in total. The fraction of sp³-hybridized carbons (Fsp3) is 0.529. The topological polar surface area (TPSA) is 47.9 Å². The zero-order valence-electron chi connectivity index (χ0n) is 13.6. The number of rotatable bonds is 3. The lowest BCUT2D eigenvalue weighted by Crippen LogP contribution is -2.55. The molecule has 1 aliphatic carbocycles. The number of guanidine groups is 1. The molecule has 1 heterocycles. The lowest BCUT2D eigenvalue weighted by molar-refractivity contribution is -0.135. The monoisotopic (exact) mass is 334 g/mol. The minimum absolute atomic E-state index is 0.137. The van der Waals surface area contributed by atoms with Gasteiger partial charge in [-0.25, -0.2) is 0 Å². The van der Waals surface area contributed by atoms with E-state index >= 15 is 0 Å². The summed E-state index contributed by atoms with van der Waals surface area (Å²) in [5, 5.41) is 4.16. The van der Waals surface area contributed by atoms with Gasteiger partial charge < -0.3 is 15.1 Å². The van der Waals surface area contributed by atoms with Crippen LogP contribution < -0.4 is 5.32 Å². The molecule has 1 saturated carbocycles. The molecule has 124 valence electrons. The number of carbonyl (C=O) groups is 1. The van der Waals surface area contributed by atoms with E-state index in [0.29, 0.717) is 36.6 Å². The molecule has 6 heteroatoms. The lowest BCUT2D eigenvalue weighted by Gasteiger charge is -2.36. The fourth-order valence-corrected chi connectivity index (χ4v) is 2.98. The van der Waals surface area contributed by atoms with Crippen molar-refractivity contribution in [2.24, 2.45) is 10.9 Å². The first-order valence-electron chi connectivity index (χ1n) is 8.07. The number of hydrogen-bond donors (Lipinski definition) is 1. The third-order valence-corrected chi connectivity index (χ3v) is 4.79. The van der Waals surface area contributed by atoms with E-state index in [1.54, 1.807) is 7.05 Å². The van der Waals surface area contributed by atoms with Gasteiger partial charge in [-0.1, -0.05) is 30.7 Å². The Morgan fingerprint density at radius 3 is 2.61 bits per heavy atom. The highest BCUT2D eigenvalue weighted by Crippen LogP contribution is 2.29. The summed E-state index contributed by atoms with van der Waals surface area (Å²) in [7, 11) is 1.78. The molecule has 0 spiro atoms. The Hall–Kier alpha value is -1.75. The summed E-state index contributed by atoms with van der Waals surface area (Å²) in [6.07, 6.45) is 1.18. The van der Waals surface area contributed by atoms with E-state index < -0.39 is 0 Å². The van der Waals surface area contributed by atoms with E-state index in [0.717, 1.165) is 18.1 Å². The molecule has 2 fully saturated rings. The number of benzene rings is 1. The van der Waals surface area contributed by atoms with Crippen molar-refractivity contribution in [3.8, 4) is 0 Å². The van der Waals surface area contributed by atoms with Gasteiger partial charge in [0, 0.05) is 37.7 Å². The molecule has 0 bridgehead atoms. The first kappa shape index (κ1) is 16.1. The van der Waals surface area contributed by atoms with Crippen molar-refractivity contribution in [3.05, 3.63) is 34.9 Å². The van der Waals surface area contributed by atoms with Crippen molar-refractivity contribution in [2.75, 3.05) is 26.7 Å². The van der Waals surface area contributed by atoms with Gasteiger partial charge in [0.1, 0.15) is 0 Å². The summed E-state index contributed by atoms with van der Waals surface area (Å²) in [5.41, 5.74) is 1.10. The van der Waals surface area contributed by atoms with Crippen LogP contribution in [0.1, 0.15) is 18.9 Å². The molecule has 2 unspecified atom stereocenters. The van der Waals surface area contributed by atoms with Crippen LogP contribution in [0.2, 0.25) is 5.02 Å². The Kier molecular flexibility index (Phi) is 4.76. The molecular weight excluding hydrogens is 312 g/mol. The predicted octanol–water partition coefficient (Wildman–Crippen LogP) is 1.97. The lowest BCUT2D eigenvalue weighted by atomic mass is 10.2. The zero-order chi connectivity index (χ0) is 16.4. The van der Waals surface area contributed by atoms with Gasteiger partial charge in [-0.3, -0.25) is 9.79 Å². The molecule has 1 aliphatic heterocycles. The smallest absolute Gasteiger partial charge is 0.242 e. The average Bonchev–Trinajstić information content (AvgIpc) is 3.24. The third kappa shape index (κ3) is 3.96. The Morgan fingerprint density at radius 1 is 1.35 bits per heavy atom. The minimum Gasteiger partial charge on any atom is -0.353 e. The van der Waals surface area contributed by atoms with Crippen molar-refractivity contribution in [3.63, 3.8) is 0 Å². The highest BCUT2D eigenvalue weighted by molar-refractivity contribution is 6.30. The molecule has 5 nitrogen and oxygen atoms in total. The molecule has 1 aromatic carbocycles. The maximum Gasteiger partial charge on any atom is 0.242 e. The first-order valence-corrected chi connectivity index (χ1v) is 8.45. The summed E-state index contributed by atoms with van der Waals surface area (Å²) >= 11 is 5.90. The van der Waals surface area contributed by atoms with Gasteiger partial charge in [0.05, 0.1) is 6.54 Å². The zero-order valence-corrected chi connectivity index (χ0v) is 14.4. The second-order valence-corrected chi connectivity index (χ2v) is 6.81. The molecule has 1 saturated heterocycles. The van der Waals surface area contributed by atoms with Crippen LogP contribution in [-0.2, 0) is 11.3 Å². The van der Waals surface area contributed by atoms with Crippen LogP contribution in [0.15, 0.2) is 29.3 Å². The van der Waals surface area contributed by atoms with E-state index in [9.17, 15) is 4.79 Å². The Labute approximate surface area is 142 Å². The van der Waals surface area contributed by atoms with E-state index in [-0.39, 0.29) is 5.91 Å². The number of aliphatic imine (C=N–C) groups is 1. The maximum absolute atomic E-state index is 12.4. The number of carbonyl (C=O) groups excluding carboxylic acids is 1. The van der Waals surface area contributed by atoms with E-state index in [2.05, 4.69) is 17.2 Å². The standard InChI is InChI=1S/C17H23ClN4O/c1-12-9-15(12)20-17(19-2)22-8-7-21(16(23)11-22)10-13-3-5-14(18)6-4-13/h3-6,12,15H,7-11H2,1-2H3,(H,19,20). The van der Waals surface area contributed by atoms with E-state index in [4.69, 9.17) is 11.6 Å². The van der Waals surface area contributed by atoms with Crippen LogP contribution in [0.25, 0.3) is 0 Å². The molecule has 1 aromatic rings. The van der Waals surface area contributed by atoms with Crippen molar-refractivity contribution in [1.29, 1.82) is 0 Å². The van der Waals surface area contributed by atoms with Gasteiger partial charge in [-0.2, -0.15) is 0 Å². The molecule has 2 atom stereocenters. The molecule has 3 rings (SSSR count). The highest BCUT2D eigenvalue weighted by atomic mass is 35.5. The number of nitrogens with one attached hydrogen (secondary N) is 1. The summed E-state index contributed by atoms with van der Waals surface area (Å²) < 4.78 is 0. The molecule has 2 aliphatic rings. The number of amides is 1. The van der Waals surface area contributed by atoms with Crippen LogP contribution in [0.3, 0.4) is 0 Å². The Balaban J connectivity index is 1.56. The van der Waals surface area contributed by atoms with Crippen molar-refractivity contribution in [1.82, 2.24) is 15.1 Å². The maximum atomic E-state index is 12.4. The molecular formula is C17H23ClN4O. The van der Waals surface area contributed by atoms with Crippen molar-refractivity contribution in [2.45, 2.75) is 25.9 Å². The molecule has 0 radical (unpaired) electrons. The van der Waals surface area contributed by atoms with Crippen LogP contribution in [0, 0.1) is 5.92 Å². The van der Waals surface area contributed by atoms with Crippen molar-refractivity contribution >= 4 is 23.5 Å². The summed E-state index contributed by atoms with van der Waals surface area (Å²) in [4.78, 5) is 20.7. The predicted molar refractivity (Wildman–Crippen MR) is 92.5 cm³/mol. The van der Waals surface area contributed by atoms with Gasteiger partial charge >= 0.3 is 0 Å². The van der Waals surface area contributed by atoms with E-state index in [1.165, 1.54) is 6.42 Å². The minimum atomic E-state index is 0.137. The van der Waals surface area contributed by atoms with Gasteiger partial charge in [-0.05, 0) is 30.0 Å². The van der Waals surface area contributed by atoms with E-state index in [1.807, 2.05) is 34.1 Å². The first-order chi connectivity index (χ1) is 11.1. The molecule has 23 heavy (non-hydrogen) atoms. The highest BCUT2D eigenvalue weighted by Gasteiger charge is 2.35. The summed E-state index contributed by atoms with van der Waals surface area (Å²) in [5.74, 6) is 1.69.